The lowest BCUT2D eigenvalue weighted by molar-refractivity contribution is 0.100. The fourth-order valence-corrected chi connectivity index (χ4v) is 4.13. The second kappa shape index (κ2) is 9.80. The average Bonchev–Trinajstić information content (AvgIpc) is 3.30. The predicted molar refractivity (Wildman–Crippen MR) is 129 cm³/mol. The minimum atomic E-state index is -0.584. The predicted octanol–water partition coefficient (Wildman–Crippen LogP) is 2.80. The van der Waals surface area contributed by atoms with Crippen LogP contribution in [0.4, 0.5) is 16.2 Å². The van der Waals surface area contributed by atoms with E-state index in [1.54, 1.807) is 18.3 Å². The largest absolute Gasteiger partial charge is 0.309 e. The van der Waals surface area contributed by atoms with Crippen molar-refractivity contribution in [2.45, 2.75) is 20.4 Å². The molecule has 10 nitrogen and oxygen atoms in total. The van der Waals surface area contributed by atoms with Gasteiger partial charge < -0.3 is 10.2 Å². The molecule has 0 spiro atoms. The molecule has 1 saturated heterocycles. The second-order valence-corrected chi connectivity index (χ2v) is 8.50. The van der Waals surface area contributed by atoms with Crippen molar-refractivity contribution in [1.82, 2.24) is 39.3 Å². The first kappa shape index (κ1) is 22.9. The van der Waals surface area contributed by atoms with Gasteiger partial charge in [-0.2, -0.15) is 0 Å². The molecule has 5 heterocycles. The van der Waals surface area contributed by atoms with Gasteiger partial charge in [-0.1, -0.05) is 13.0 Å². The van der Waals surface area contributed by atoms with Gasteiger partial charge in [0, 0.05) is 57.6 Å². The smallest absolute Gasteiger partial charge is 0.229 e. The molecule has 0 radical (unpaired) electrons. The highest BCUT2D eigenvalue weighted by Gasteiger charge is 2.17. The van der Waals surface area contributed by atoms with Crippen molar-refractivity contribution in [1.29, 1.82) is 0 Å². The van der Waals surface area contributed by atoms with E-state index in [-0.39, 0.29) is 23.2 Å². The van der Waals surface area contributed by atoms with Gasteiger partial charge in [0.2, 0.25) is 11.8 Å². The molecule has 0 bridgehead atoms. The number of ketones is 1. The van der Waals surface area contributed by atoms with Gasteiger partial charge in [-0.25, -0.2) is 19.3 Å². The average molecular weight is 476 g/mol. The summed E-state index contributed by atoms with van der Waals surface area (Å²) in [7, 11) is 0. The van der Waals surface area contributed by atoms with Gasteiger partial charge in [-0.3, -0.25) is 14.1 Å². The number of fused-ring (bicyclic) bond motifs is 1. The Bertz CT molecular complexity index is 1350. The van der Waals surface area contributed by atoms with Crippen LogP contribution in [-0.4, -0.2) is 77.9 Å². The number of nitrogens with zero attached hydrogens (tertiary/aromatic N) is 8. The summed E-state index contributed by atoms with van der Waals surface area (Å²) in [5, 5.41) is 10.9. The summed E-state index contributed by atoms with van der Waals surface area (Å²) in [5.41, 5.74) is 2.18. The molecule has 0 unspecified atom stereocenters. The fraction of sp³-hybridized carbons (Fsp3) is 0.333. The van der Waals surface area contributed by atoms with E-state index < -0.39 is 5.82 Å². The summed E-state index contributed by atoms with van der Waals surface area (Å²) >= 11 is 0. The molecule has 1 fully saturated rings. The Morgan fingerprint density at radius 2 is 1.83 bits per heavy atom. The summed E-state index contributed by atoms with van der Waals surface area (Å²) in [6, 6.07) is 7.23. The third-order valence-corrected chi connectivity index (χ3v) is 6.12. The number of pyridine rings is 2. The van der Waals surface area contributed by atoms with Crippen LogP contribution >= 0.6 is 0 Å². The van der Waals surface area contributed by atoms with Gasteiger partial charge in [0.05, 0.1) is 6.20 Å². The van der Waals surface area contributed by atoms with E-state index in [1.165, 1.54) is 11.3 Å². The van der Waals surface area contributed by atoms with Crippen molar-refractivity contribution in [3.05, 3.63) is 60.1 Å². The SMILES string of the molecule is CCN1CCN(Cc2ccc(Nc3ncc(F)c(-c4ccc5nnc(C(C)=O)n5c4)n3)nc2)CC1. The number of carbonyl (C=O) groups excluding carboxylic acids is 1. The van der Waals surface area contributed by atoms with Crippen molar-refractivity contribution < 1.29 is 9.18 Å². The second-order valence-electron chi connectivity index (χ2n) is 8.50. The van der Waals surface area contributed by atoms with E-state index in [1.807, 2.05) is 18.3 Å². The molecule has 0 atom stereocenters. The zero-order valence-electron chi connectivity index (χ0n) is 19.6. The van der Waals surface area contributed by atoms with Crippen molar-refractivity contribution in [2.24, 2.45) is 0 Å². The molecule has 4 aromatic rings. The lowest BCUT2D eigenvalue weighted by Crippen LogP contribution is -2.45. The van der Waals surface area contributed by atoms with Crippen LogP contribution in [0, 0.1) is 5.82 Å². The first-order chi connectivity index (χ1) is 17.0. The molecule has 4 aromatic heterocycles. The zero-order chi connectivity index (χ0) is 24.4. The molecule has 1 aliphatic heterocycles. The van der Waals surface area contributed by atoms with Gasteiger partial charge in [-0.05, 0) is 30.3 Å². The van der Waals surface area contributed by atoms with Gasteiger partial charge in [0.1, 0.15) is 11.5 Å². The summed E-state index contributed by atoms with van der Waals surface area (Å²) in [6.07, 6.45) is 4.54. The number of anilines is 2. The molecular weight excluding hydrogens is 449 g/mol. The number of halogens is 1. The standard InChI is InChI=1S/C24H26FN9O/c1-3-32-8-10-33(11-9-32)14-17-4-6-20(26-12-17)28-24-27-13-19(25)22(29-24)18-5-7-21-30-31-23(16(2)35)34(21)15-18/h4-7,12-13,15H,3,8-11,14H2,1-2H3,(H,26,27,28,29). The molecule has 1 N–H and O–H groups in total. The van der Waals surface area contributed by atoms with Crippen LogP contribution in [0.5, 0.6) is 0 Å². The third kappa shape index (κ3) is 5.00. The molecule has 1 aliphatic rings. The van der Waals surface area contributed by atoms with E-state index in [2.05, 4.69) is 47.2 Å². The maximum atomic E-state index is 14.6. The number of likely N-dealkylation sites (N-methyl/N-ethyl adjacent to an activating group) is 1. The van der Waals surface area contributed by atoms with Crippen molar-refractivity contribution in [3.8, 4) is 11.3 Å². The number of Topliss-reactive ketones (excluding diaryl/α,β-unsaturated/α-hetero) is 1. The topological polar surface area (TPSA) is 104 Å². The van der Waals surface area contributed by atoms with Crippen LogP contribution in [0.2, 0.25) is 0 Å². The van der Waals surface area contributed by atoms with Crippen LogP contribution in [0.15, 0.2) is 42.9 Å². The number of aromatic nitrogens is 6. The summed E-state index contributed by atoms with van der Waals surface area (Å²) in [6.45, 7) is 9.83. The highest BCUT2D eigenvalue weighted by Crippen LogP contribution is 2.23. The van der Waals surface area contributed by atoms with Crippen molar-refractivity contribution in [3.63, 3.8) is 0 Å². The quantitative estimate of drug-likeness (QED) is 0.404. The highest BCUT2D eigenvalue weighted by molar-refractivity contribution is 5.91. The molecule has 0 amide bonds. The minimum Gasteiger partial charge on any atom is -0.309 e. The molecule has 11 heteroatoms. The Morgan fingerprint density at radius 1 is 1.03 bits per heavy atom. The Labute approximate surface area is 201 Å². The zero-order valence-corrected chi connectivity index (χ0v) is 19.6. The maximum absolute atomic E-state index is 14.6. The number of hydrogen-bond acceptors (Lipinski definition) is 9. The van der Waals surface area contributed by atoms with Crippen LogP contribution < -0.4 is 5.32 Å². The monoisotopic (exact) mass is 475 g/mol. The number of nitrogens with one attached hydrogen (secondary N) is 1. The van der Waals surface area contributed by atoms with Gasteiger partial charge in [0.15, 0.2) is 17.2 Å². The van der Waals surface area contributed by atoms with Crippen LogP contribution in [-0.2, 0) is 6.54 Å². The lowest BCUT2D eigenvalue weighted by Gasteiger charge is -2.33. The molecule has 0 aromatic carbocycles. The van der Waals surface area contributed by atoms with E-state index in [9.17, 15) is 9.18 Å². The van der Waals surface area contributed by atoms with Crippen LogP contribution in [0.3, 0.4) is 0 Å². The Kier molecular flexibility index (Phi) is 6.43. The molecule has 0 aliphatic carbocycles. The molecule has 0 saturated carbocycles. The highest BCUT2D eigenvalue weighted by atomic mass is 19.1. The van der Waals surface area contributed by atoms with Crippen LogP contribution in [0.25, 0.3) is 16.9 Å². The van der Waals surface area contributed by atoms with Crippen molar-refractivity contribution >= 4 is 23.2 Å². The van der Waals surface area contributed by atoms with E-state index >= 15 is 0 Å². The lowest BCUT2D eigenvalue weighted by atomic mass is 10.2. The number of piperazine rings is 1. The van der Waals surface area contributed by atoms with E-state index in [4.69, 9.17) is 0 Å². The van der Waals surface area contributed by atoms with Gasteiger partial charge in [0.25, 0.3) is 0 Å². The fourth-order valence-electron chi connectivity index (χ4n) is 4.13. The minimum absolute atomic E-state index is 0.0930. The Hall–Kier alpha value is -3.83. The number of hydrogen-bond donors (Lipinski definition) is 1. The molecular formula is C24H26FN9O. The number of rotatable bonds is 7. The Morgan fingerprint density at radius 3 is 2.54 bits per heavy atom. The maximum Gasteiger partial charge on any atom is 0.229 e. The molecule has 180 valence electrons. The third-order valence-electron chi connectivity index (χ3n) is 6.12. The van der Waals surface area contributed by atoms with E-state index in [0.29, 0.717) is 17.0 Å². The number of carbonyl (C=O) groups is 1. The molecule has 35 heavy (non-hydrogen) atoms. The first-order valence-corrected chi connectivity index (χ1v) is 11.6. The normalized spacial score (nSPS) is 14.9. The van der Waals surface area contributed by atoms with Crippen molar-refractivity contribution in [2.75, 3.05) is 38.0 Å². The Balaban J connectivity index is 1.31. The summed E-state index contributed by atoms with van der Waals surface area (Å²) in [5.74, 6) is 0.131. The molecule has 5 rings (SSSR count). The van der Waals surface area contributed by atoms with E-state index in [0.717, 1.165) is 51.0 Å². The van der Waals surface area contributed by atoms with Gasteiger partial charge >= 0.3 is 0 Å². The van der Waals surface area contributed by atoms with Gasteiger partial charge in [-0.15, -0.1) is 10.2 Å². The van der Waals surface area contributed by atoms with Crippen LogP contribution in [0.1, 0.15) is 30.0 Å². The summed E-state index contributed by atoms with van der Waals surface area (Å²) in [4.78, 5) is 29.6. The summed E-state index contributed by atoms with van der Waals surface area (Å²) < 4.78 is 16.1. The first-order valence-electron chi connectivity index (χ1n) is 11.6.